The summed E-state index contributed by atoms with van der Waals surface area (Å²) in [5.74, 6) is 1.73. The van der Waals surface area contributed by atoms with Gasteiger partial charge in [-0.25, -0.2) is 4.99 Å². The van der Waals surface area contributed by atoms with Crippen molar-refractivity contribution in [3.05, 3.63) is 29.3 Å². The second kappa shape index (κ2) is 14.3. The van der Waals surface area contributed by atoms with Crippen LogP contribution in [0.5, 0.6) is 5.75 Å². The van der Waals surface area contributed by atoms with Crippen LogP contribution in [0.3, 0.4) is 0 Å². The number of nitrogens with zero attached hydrogens (tertiary/aromatic N) is 2. The number of hydrogen-bond donors (Lipinski definition) is 2. The summed E-state index contributed by atoms with van der Waals surface area (Å²) >= 11 is 0. The summed E-state index contributed by atoms with van der Waals surface area (Å²) in [6.45, 7) is 15.3. The third-order valence-corrected chi connectivity index (χ3v) is 4.36. The zero-order chi connectivity index (χ0) is 19.9. The van der Waals surface area contributed by atoms with Gasteiger partial charge in [0.05, 0.1) is 13.2 Å². The Bertz CT molecular complexity index is 545. The average Bonchev–Trinajstić information content (AvgIpc) is 2.67. The molecule has 0 fully saturated rings. The average molecular weight is 379 g/mol. The van der Waals surface area contributed by atoms with Gasteiger partial charge in [0.25, 0.3) is 0 Å². The highest BCUT2D eigenvalue weighted by Crippen LogP contribution is 2.21. The Hall–Kier alpha value is -1.79. The maximum atomic E-state index is 5.86. The summed E-state index contributed by atoms with van der Waals surface area (Å²) in [4.78, 5) is 7.16. The first-order chi connectivity index (χ1) is 13.1. The molecule has 0 aliphatic heterocycles. The fraction of sp³-hybridized carbons (Fsp3) is 0.667. The SMILES string of the molecule is CCNC(=NCc1ccc(C)cc1OCCOC)NCCCN(CC)CC. The van der Waals surface area contributed by atoms with Crippen molar-refractivity contribution >= 4 is 5.96 Å². The normalized spacial score (nSPS) is 11.7. The number of benzene rings is 1. The fourth-order valence-electron chi connectivity index (χ4n) is 2.72. The van der Waals surface area contributed by atoms with Crippen LogP contribution in [0.1, 0.15) is 38.3 Å². The third-order valence-electron chi connectivity index (χ3n) is 4.36. The number of hydrogen-bond acceptors (Lipinski definition) is 4. The monoisotopic (exact) mass is 378 g/mol. The Morgan fingerprint density at radius 3 is 2.56 bits per heavy atom. The van der Waals surface area contributed by atoms with E-state index in [0.29, 0.717) is 19.8 Å². The fourth-order valence-corrected chi connectivity index (χ4v) is 2.72. The van der Waals surface area contributed by atoms with E-state index in [1.165, 1.54) is 5.56 Å². The quantitative estimate of drug-likeness (QED) is 0.314. The number of ether oxygens (including phenoxy) is 2. The van der Waals surface area contributed by atoms with Crippen LogP contribution in [0.4, 0.5) is 0 Å². The molecule has 1 aromatic rings. The van der Waals surface area contributed by atoms with Crippen LogP contribution < -0.4 is 15.4 Å². The molecule has 2 N–H and O–H groups in total. The lowest BCUT2D eigenvalue weighted by molar-refractivity contribution is 0.145. The smallest absolute Gasteiger partial charge is 0.191 e. The van der Waals surface area contributed by atoms with Crippen LogP contribution in [-0.2, 0) is 11.3 Å². The van der Waals surface area contributed by atoms with Gasteiger partial charge >= 0.3 is 0 Å². The molecule has 0 radical (unpaired) electrons. The summed E-state index contributed by atoms with van der Waals surface area (Å²) < 4.78 is 10.9. The number of methoxy groups -OCH3 is 1. The maximum Gasteiger partial charge on any atom is 0.191 e. The predicted molar refractivity (Wildman–Crippen MR) is 114 cm³/mol. The molecule has 0 spiro atoms. The van der Waals surface area contributed by atoms with Crippen LogP contribution in [0.15, 0.2) is 23.2 Å². The van der Waals surface area contributed by atoms with Gasteiger partial charge in [-0.1, -0.05) is 26.0 Å². The van der Waals surface area contributed by atoms with E-state index in [4.69, 9.17) is 14.5 Å². The van der Waals surface area contributed by atoms with Gasteiger partial charge < -0.3 is 25.0 Å². The Morgan fingerprint density at radius 1 is 1.11 bits per heavy atom. The standard InChI is InChI=1S/C21H38N4O2/c1-6-22-21(23-12-9-13-25(7-2)8-3)24-17-19-11-10-18(4)16-20(19)27-15-14-26-5/h10-11,16H,6-9,12-15,17H2,1-5H3,(H2,22,23,24). The highest BCUT2D eigenvalue weighted by Gasteiger charge is 2.05. The number of aliphatic imine (C=N–C) groups is 1. The Kier molecular flexibility index (Phi) is 12.3. The molecule has 0 saturated heterocycles. The van der Waals surface area contributed by atoms with E-state index in [1.54, 1.807) is 7.11 Å². The molecule has 0 bridgehead atoms. The summed E-state index contributed by atoms with van der Waals surface area (Å²) in [5.41, 5.74) is 2.26. The second-order valence-corrected chi connectivity index (χ2v) is 6.45. The zero-order valence-electron chi connectivity index (χ0n) is 17.8. The minimum Gasteiger partial charge on any atom is -0.491 e. The van der Waals surface area contributed by atoms with E-state index in [9.17, 15) is 0 Å². The molecule has 0 atom stereocenters. The van der Waals surface area contributed by atoms with Crippen molar-refractivity contribution in [2.45, 2.75) is 40.7 Å². The van der Waals surface area contributed by atoms with Gasteiger partial charge in [0, 0.05) is 25.8 Å². The van der Waals surface area contributed by atoms with Crippen LogP contribution in [0.25, 0.3) is 0 Å². The van der Waals surface area contributed by atoms with Crippen molar-refractivity contribution in [1.82, 2.24) is 15.5 Å². The lowest BCUT2D eigenvalue weighted by Gasteiger charge is -2.18. The maximum absolute atomic E-state index is 5.86. The predicted octanol–water partition coefficient (Wildman–Crippen LogP) is 2.81. The molecule has 1 rings (SSSR count). The first-order valence-electron chi connectivity index (χ1n) is 10.1. The van der Waals surface area contributed by atoms with Gasteiger partial charge in [0.2, 0.25) is 0 Å². The number of guanidine groups is 1. The Balaban J connectivity index is 2.63. The van der Waals surface area contributed by atoms with E-state index >= 15 is 0 Å². The van der Waals surface area contributed by atoms with E-state index < -0.39 is 0 Å². The van der Waals surface area contributed by atoms with Crippen LogP contribution in [0.2, 0.25) is 0 Å². The summed E-state index contributed by atoms with van der Waals surface area (Å²) in [6, 6.07) is 6.24. The molecule has 0 saturated carbocycles. The van der Waals surface area contributed by atoms with E-state index in [0.717, 1.165) is 56.4 Å². The van der Waals surface area contributed by atoms with Gasteiger partial charge in [0.1, 0.15) is 12.4 Å². The summed E-state index contributed by atoms with van der Waals surface area (Å²) in [6.07, 6.45) is 1.10. The molecule has 27 heavy (non-hydrogen) atoms. The minimum absolute atomic E-state index is 0.542. The van der Waals surface area contributed by atoms with Crippen molar-refractivity contribution in [2.24, 2.45) is 4.99 Å². The largest absolute Gasteiger partial charge is 0.491 e. The number of nitrogens with one attached hydrogen (secondary N) is 2. The topological polar surface area (TPSA) is 58.1 Å². The van der Waals surface area contributed by atoms with E-state index in [1.807, 2.05) is 0 Å². The Morgan fingerprint density at radius 2 is 1.89 bits per heavy atom. The summed E-state index contributed by atoms with van der Waals surface area (Å²) in [7, 11) is 1.68. The van der Waals surface area contributed by atoms with E-state index in [2.05, 4.69) is 61.4 Å². The zero-order valence-corrected chi connectivity index (χ0v) is 17.8. The molecule has 0 aromatic heterocycles. The highest BCUT2D eigenvalue weighted by atomic mass is 16.5. The highest BCUT2D eigenvalue weighted by molar-refractivity contribution is 5.79. The molecule has 154 valence electrons. The van der Waals surface area contributed by atoms with Gasteiger partial charge in [-0.3, -0.25) is 0 Å². The number of rotatable bonds is 13. The molecule has 1 aromatic carbocycles. The second-order valence-electron chi connectivity index (χ2n) is 6.45. The van der Waals surface area contributed by atoms with Crippen molar-refractivity contribution < 1.29 is 9.47 Å². The summed E-state index contributed by atoms with van der Waals surface area (Å²) in [5, 5.41) is 6.75. The van der Waals surface area contributed by atoms with Crippen molar-refractivity contribution in [1.29, 1.82) is 0 Å². The lowest BCUT2D eigenvalue weighted by Crippen LogP contribution is -2.38. The molecule has 0 unspecified atom stereocenters. The van der Waals surface area contributed by atoms with Crippen LogP contribution in [-0.4, -0.2) is 63.9 Å². The molecular formula is C21H38N4O2. The Labute approximate surface area is 165 Å². The molecule has 6 heteroatoms. The molecule has 0 aliphatic carbocycles. The van der Waals surface area contributed by atoms with E-state index in [-0.39, 0.29) is 0 Å². The van der Waals surface area contributed by atoms with Gasteiger partial charge in [-0.05, 0) is 51.5 Å². The van der Waals surface area contributed by atoms with Crippen LogP contribution in [0, 0.1) is 6.92 Å². The van der Waals surface area contributed by atoms with Crippen molar-refractivity contribution in [2.75, 3.05) is 53.0 Å². The molecule has 6 nitrogen and oxygen atoms in total. The molecular weight excluding hydrogens is 340 g/mol. The van der Waals surface area contributed by atoms with Gasteiger partial charge in [0.15, 0.2) is 5.96 Å². The molecule has 0 heterocycles. The van der Waals surface area contributed by atoms with Gasteiger partial charge in [-0.2, -0.15) is 0 Å². The third kappa shape index (κ3) is 9.63. The van der Waals surface area contributed by atoms with Gasteiger partial charge in [-0.15, -0.1) is 0 Å². The number of aryl methyl sites for hydroxylation is 1. The molecule has 0 aliphatic rings. The van der Waals surface area contributed by atoms with Crippen LogP contribution >= 0.6 is 0 Å². The first-order valence-corrected chi connectivity index (χ1v) is 10.1. The minimum atomic E-state index is 0.542. The van der Waals surface area contributed by atoms with Crippen molar-refractivity contribution in [3.8, 4) is 5.75 Å². The molecule has 0 amide bonds. The lowest BCUT2D eigenvalue weighted by atomic mass is 10.1. The first kappa shape index (κ1) is 23.2. The van der Waals surface area contributed by atoms with Crippen molar-refractivity contribution in [3.63, 3.8) is 0 Å².